The Morgan fingerprint density at radius 1 is 0.741 bits per heavy atom. The highest BCUT2D eigenvalue weighted by Gasteiger charge is 2.51. The molecule has 3 heterocycles. The van der Waals surface area contributed by atoms with Crippen molar-refractivity contribution in [3.63, 3.8) is 0 Å². The van der Waals surface area contributed by atoms with Crippen LogP contribution in [0.25, 0.3) is 0 Å². The van der Waals surface area contributed by atoms with E-state index in [0.29, 0.717) is 28.7 Å². The van der Waals surface area contributed by atoms with Gasteiger partial charge in [0, 0.05) is 38.3 Å². The van der Waals surface area contributed by atoms with Gasteiger partial charge in [0.15, 0.2) is 17.7 Å². The quantitative estimate of drug-likeness (QED) is 0.0351. The number of phenolic OH excluding ortho intramolecular Hbond substituents is 1. The third-order valence-corrected chi connectivity index (χ3v) is 15.0. The summed E-state index contributed by atoms with van der Waals surface area (Å²) < 4.78 is 36.6. The summed E-state index contributed by atoms with van der Waals surface area (Å²) in [6, 6.07) is -10.5. The summed E-state index contributed by atoms with van der Waals surface area (Å²) in [5.74, 6) is -13.3. The second kappa shape index (κ2) is 31.6. The van der Waals surface area contributed by atoms with Gasteiger partial charge in [-0.2, -0.15) is 8.42 Å². The van der Waals surface area contributed by atoms with Crippen LogP contribution < -0.4 is 36.5 Å². The van der Waals surface area contributed by atoms with Crippen molar-refractivity contribution in [2.24, 2.45) is 11.7 Å². The second-order valence-corrected chi connectivity index (χ2v) is 22.3. The smallest absolute Gasteiger partial charge is 0.446 e. The van der Waals surface area contributed by atoms with Crippen LogP contribution in [0.15, 0.2) is 18.2 Å². The first-order valence-corrected chi connectivity index (χ1v) is 28.8. The van der Waals surface area contributed by atoms with Crippen LogP contribution in [0.5, 0.6) is 11.5 Å². The molecule has 4 rings (SSSR count). The maximum atomic E-state index is 14.6. The second-order valence-electron chi connectivity index (χ2n) is 21.3. The SMILES string of the molecule is CCCCCCCCCCCCCCCC(=O)N[C@@H]1C[C@@H](O)[C@H](O)NC(=O)[C@H]2[C@@H](O)[C@@H](C)CN2C(=O)[C@H]([C@H](O)CC(N)=O)NC(=O)[C@H]([C@H](O)[C@H](O)c2ccc(O)c(OS(=O)(=O)O)c2)NC(=O)[C@H]2C[C@@H](O)CN2C(=O)[C@@H]([C@H](C)O)NC1=O. The van der Waals surface area contributed by atoms with Crippen molar-refractivity contribution in [1.82, 2.24) is 36.4 Å². The molecule has 30 heteroatoms. The summed E-state index contributed by atoms with van der Waals surface area (Å²) in [4.78, 5) is 113. The number of nitrogens with zero attached hydrogens (tertiary/aromatic N) is 2. The molecule has 0 unspecified atom stereocenters. The molecule has 3 saturated heterocycles. The summed E-state index contributed by atoms with van der Waals surface area (Å²) in [6.07, 6.45) is -6.43. The molecule has 458 valence electrons. The molecule has 0 bridgehead atoms. The Hall–Kier alpha value is -5.83. The van der Waals surface area contributed by atoms with Crippen molar-refractivity contribution in [3.05, 3.63) is 23.8 Å². The number of phenols is 1. The Morgan fingerprint density at radius 2 is 1.30 bits per heavy atom. The highest BCUT2D eigenvalue weighted by Crippen LogP contribution is 2.33. The molecule has 0 spiro atoms. The van der Waals surface area contributed by atoms with Crippen molar-refractivity contribution in [2.75, 3.05) is 13.1 Å². The molecule has 29 nitrogen and oxygen atoms in total. The number of carbonyl (C=O) groups excluding carboxylic acids is 8. The van der Waals surface area contributed by atoms with E-state index in [1.54, 1.807) is 0 Å². The third kappa shape index (κ3) is 19.9. The van der Waals surface area contributed by atoms with Gasteiger partial charge in [-0.15, -0.1) is 0 Å². The summed E-state index contributed by atoms with van der Waals surface area (Å²) >= 11 is 0. The highest BCUT2D eigenvalue weighted by atomic mass is 32.3. The maximum Gasteiger partial charge on any atom is 0.446 e. The van der Waals surface area contributed by atoms with Crippen LogP contribution in [0.2, 0.25) is 0 Å². The number of nitrogens with one attached hydrogen (secondary N) is 5. The molecular formula is C51H82N8O21S. The van der Waals surface area contributed by atoms with E-state index in [1.807, 2.05) is 10.6 Å². The van der Waals surface area contributed by atoms with Crippen LogP contribution in [0.4, 0.5) is 0 Å². The van der Waals surface area contributed by atoms with Crippen molar-refractivity contribution < 1.29 is 101 Å². The fourth-order valence-corrected chi connectivity index (χ4v) is 10.4. The van der Waals surface area contributed by atoms with E-state index in [2.05, 4.69) is 27.1 Å². The zero-order chi connectivity index (χ0) is 60.5. The molecule has 1 aromatic carbocycles. The predicted octanol–water partition coefficient (Wildman–Crippen LogP) is -3.63. The zero-order valence-corrected chi connectivity index (χ0v) is 46.5. The lowest BCUT2D eigenvalue weighted by molar-refractivity contribution is -0.149. The Balaban J connectivity index is 1.74. The van der Waals surface area contributed by atoms with E-state index in [9.17, 15) is 97.3 Å². The lowest BCUT2D eigenvalue weighted by Gasteiger charge is -2.34. The van der Waals surface area contributed by atoms with Gasteiger partial charge in [0.1, 0.15) is 54.6 Å². The van der Waals surface area contributed by atoms with Gasteiger partial charge < -0.3 is 92.3 Å². The summed E-state index contributed by atoms with van der Waals surface area (Å²) in [7, 11) is -5.33. The molecule has 8 amide bonds. The largest absolute Gasteiger partial charge is 0.504 e. The first-order valence-electron chi connectivity index (χ1n) is 27.4. The molecule has 1 aromatic rings. The van der Waals surface area contributed by atoms with E-state index >= 15 is 0 Å². The van der Waals surface area contributed by atoms with Gasteiger partial charge in [0.2, 0.25) is 47.3 Å². The number of amides is 8. The number of aliphatic hydroxyl groups excluding tert-OH is 8. The minimum Gasteiger partial charge on any atom is -0.504 e. The van der Waals surface area contributed by atoms with Gasteiger partial charge in [-0.05, 0) is 31.0 Å². The van der Waals surface area contributed by atoms with Crippen LogP contribution in [-0.2, 0) is 48.8 Å². The van der Waals surface area contributed by atoms with E-state index in [4.69, 9.17) is 5.73 Å². The molecule has 3 aliphatic heterocycles. The van der Waals surface area contributed by atoms with Gasteiger partial charge in [-0.3, -0.25) is 42.9 Å². The van der Waals surface area contributed by atoms with Crippen LogP contribution in [0, 0.1) is 5.92 Å². The molecule has 0 radical (unpaired) electrons. The summed E-state index contributed by atoms with van der Waals surface area (Å²) in [5, 5.41) is 111. The number of hydrogen-bond acceptors (Lipinski definition) is 20. The van der Waals surface area contributed by atoms with Crippen molar-refractivity contribution in [2.45, 2.75) is 215 Å². The maximum absolute atomic E-state index is 14.6. The van der Waals surface area contributed by atoms with E-state index in [0.717, 1.165) is 51.2 Å². The Bertz CT molecular complexity index is 2440. The summed E-state index contributed by atoms with van der Waals surface area (Å²) in [5.41, 5.74) is 4.75. The number of aliphatic hydroxyl groups is 8. The average Bonchev–Trinajstić information content (AvgIpc) is 3.94. The molecule has 0 aromatic heterocycles. The molecule has 81 heavy (non-hydrogen) atoms. The molecule has 0 saturated carbocycles. The molecule has 0 aliphatic carbocycles. The zero-order valence-electron chi connectivity index (χ0n) is 45.7. The molecular weight excluding hydrogens is 1090 g/mol. The number of carbonyl (C=O) groups is 8. The van der Waals surface area contributed by atoms with Gasteiger partial charge in [0.25, 0.3) is 0 Å². The number of primary amides is 1. The van der Waals surface area contributed by atoms with Gasteiger partial charge in [-0.25, -0.2) is 0 Å². The first-order chi connectivity index (χ1) is 38.1. The van der Waals surface area contributed by atoms with E-state index < -0.39 is 198 Å². The minimum absolute atomic E-state index is 0.114. The normalized spacial score (nSPS) is 28.0. The first kappa shape index (κ1) is 67.7. The lowest BCUT2D eigenvalue weighted by Crippen LogP contribution is -2.64. The monoisotopic (exact) mass is 1170 g/mol. The van der Waals surface area contributed by atoms with Crippen LogP contribution >= 0.6 is 0 Å². The van der Waals surface area contributed by atoms with Crippen molar-refractivity contribution in [1.29, 1.82) is 0 Å². The molecule has 17 N–H and O–H groups in total. The van der Waals surface area contributed by atoms with Gasteiger partial charge in [-0.1, -0.05) is 97.0 Å². The molecule has 3 aliphatic rings. The van der Waals surface area contributed by atoms with Gasteiger partial charge in [0.05, 0.1) is 30.8 Å². The van der Waals surface area contributed by atoms with Crippen LogP contribution in [-0.4, -0.2) is 208 Å². The van der Waals surface area contributed by atoms with E-state index in [-0.39, 0.29) is 6.42 Å². The number of nitrogens with two attached hydrogens (primary N) is 1. The average molecular weight is 1180 g/mol. The number of benzene rings is 1. The number of unbranched alkanes of at least 4 members (excludes halogenated alkanes) is 12. The topological polar surface area (TPSA) is 475 Å². The van der Waals surface area contributed by atoms with Crippen LogP contribution in [0.3, 0.4) is 0 Å². The Morgan fingerprint density at radius 3 is 1.86 bits per heavy atom. The standard InChI is InChI=1S/C51H82N8O21S/c1-4-5-6-7-8-9-10-11-12-13-14-15-16-17-37(66)53-30-22-34(64)47(72)57-49(74)41-42(67)26(2)24-59(41)51(76)39(33(63)23-36(52)65)55-48(73)40(44(69)43(68)28-18-19-32(62)35(20-28)80-81(77,78)79)56-46(71)31-21-29(61)25-58(31)50(75)38(27(3)60)54-45(30)70/h18-20,26-27,29-31,33-34,38-44,47,60-64,67-69,72H,4-17,21-25H2,1-3H3,(H2,52,65)(H,53,66)(H,54,70)(H,55,73)(H,56,71)(H,57,74)(H,77,78,79)/t26-,27-,29+,30+,31+,33+,34+,38+,39-,40-,41+,42-,43+,44-,47-/m0/s1. The number of rotatable bonds is 24. The Kier molecular flexibility index (Phi) is 26.4. The third-order valence-electron chi connectivity index (χ3n) is 14.6. The fourth-order valence-electron chi connectivity index (χ4n) is 10.1. The number of hydrogen-bond donors (Lipinski definition) is 16. The summed E-state index contributed by atoms with van der Waals surface area (Å²) in [6.45, 7) is 3.39. The Labute approximate surface area is 469 Å². The van der Waals surface area contributed by atoms with Crippen molar-refractivity contribution >= 4 is 57.7 Å². The minimum atomic E-state index is -5.33. The highest BCUT2D eigenvalue weighted by molar-refractivity contribution is 7.81. The molecule has 15 atom stereocenters. The molecule has 3 fully saturated rings. The van der Waals surface area contributed by atoms with E-state index in [1.165, 1.54) is 45.4 Å². The van der Waals surface area contributed by atoms with Crippen LogP contribution in [0.1, 0.15) is 142 Å². The lowest BCUT2D eigenvalue weighted by atomic mass is 9.96. The predicted molar refractivity (Wildman–Crippen MR) is 282 cm³/mol. The number of aromatic hydroxyl groups is 1. The van der Waals surface area contributed by atoms with Crippen molar-refractivity contribution in [3.8, 4) is 11.5 Å². The fraction of sp³-hybridized carbons (Fsp3) is 0.725. The van der Waals surface area contributed by atoms with Gasteiger partial charge >= 0.3 is 10.4 Å². The number of fused-ring (bicyclic) bond motifs is 2.